The number of benzene rings is 2. The molecule has 0 bridgehead atoms. The average Bonchev–Trinajstić information content (AvgIpc) is 3.11. The third kappa shape index (κ3) is 5.27. The molecule has 1 amide bonds. The summed E-state index contributed by atoms with van der Waals surface area (Å²) in [4.78, 5) is 16.6. The molecular formula is C24H30N4O4S. The summed E-state index contributed by atoms with van der Waals surface area (Å²) in [6, 6.07) is 15.3. The van der Waals surface area contributed by atoms with E-state index in [1.807, 2.05) is 12.1 Å². The van der Waals surface area contributed by atoms with E-state index in [4.69, 9.17) is 5.21 Å². The number of hydrogen-bond donors (Lipinski definition) is 2. The molecule has 0 aliphatic carbocycles. The predicted molar refractivity (Wildman–Crippen MR) is 128 cm³/mol. The van der Waals surface area contributed by atoms with Gasteiger partial charge in [0, 0.05) is 50.5 Å². The summed E-state index contributed by atoms with van der Waals surface area (Å²) < 4.78 is 27.6. The molecule has 0 spiro atoms. The van der Waals surface area contributed by atoms with E-state index in [-0.39, 0.29) is 17.9 Å². The van der Waals surface area contributed by atoms with Gasteiger partial charge in [0.15, 0.2) is 0 Å². The van der Waals surface area contributed by atoms with Crippen molar-refractivity contribution in [3.8, 4) is 11.1 Å². The summed E-state index contributed by atoms with van der Waals surface area (Å²) >= 11 is 0. The number of hydroxylamine groups is 1. The number of nitrogens with one attached hydrogen (secondary N) is 1. The van der Waals surface area contributed by atoms with Crippen molar-refractivity contribution in [1.29, 1.82) is 0 Å². The molecular weight excluding hydrogens is 440 g/mol. The Morgan fingerprint density at radius 1 is 0.879 bits per heavy atom. The third-order valence-corrected chi connectivity index (χ3v) is 8.27. The van der Waals surface area contributed by atoms with Gasteiger partial charge in [0.1, 0.15) is 0 Å². The summed E-state index contributed by atoms with van der Waals surface area (Å²) in [5, 5.41) is 8.82. The summed E-state index contributed by atoms with van der Waals surface area (Å²) in [6.07, 6.45) is 2.35. The van der Waals surface area contributed by atoms with E-state index in [2.05, 4.69) is 41.1 Å². The predicted octanol–water partition coefficient (Wildman–Crippen LogP) is 2.32. The number of nitrogens with zero attached hydrogens (tertiary/aromatic N) is 3. The molecule has 2 aliphatic rings. The number of carbonyl (C=O) groups is 1. The first-order chi connectivity index (χ1) is 15.9. The van der Waals surface area contributed by atoms with Crippen molar-refractivity contribution < 1.29 is 18.4 Å². The van der Waals surface area contributed by atoms with Crippen molar-refractivity contribution in [3.63, 3.8) is 0 Å². The van der Waals surface area contributed by atoms with Crippen LogP contribution >= 0.6 is 0 Å². The zero-order valence-corrected chi connectivity index (χ0v) is 19.6. The molecule has 0 unspecified atom stereocenters. The van der Waals surface area contributed by atoms with Gasteiger partial charge in [0.2, 0.25) is 10.0 Å². The fraction of sp³-hybridized carbons (Fsp3) is 0.375. The molecule has 1 fully saturated rings. The molecule has 0 aromatic heterocycles. The first-order valence-corrected chi connectivity index (χ1v) is 12.6. The smallest absolute Gasteiger partial charge is 0.270 e. The summed E-state index contributed by atoms with van der Waals surface area (Å²) in [7, 11) is -1.53. The SMILES string of the molecule is CN1CCN(c2ccc(-c3ccc(S(=O)(=O)N4CCC=C(C(=O)NO)CC4)cc3)cc2)CC1. The van der Waals surface area contributed by atoms with Gasteiger partial charge in [-0.1, -0.05) is 30.3 Å². The Morgan fingerprint density at radius 3 is 2.09 bits per heavy atom. The van der Waals surface area contributed by atoms with Crippen LogP contribution in [0.3, 0.4) is 0 Å². The van der Waals surface area contributed by atoms with Crippen LogP contribution in [0.4, 0.5) is 5.69 Å². The highest BCUT2D eigenvalue weighted by Crippen LogP contribution is 2.27. The van der Waals surface area contributed by atoms with Crippen LogP contribution in [0.5, 0.6) is 0 Å². The first-order valence-electron chi connectivity index (χ1n) is 11.2. The maximum Gasteiger partial charge on any atom is 0.270 e. The van der Waals surface area contributed by atoms with Crippen LogP contribution in [0.1, 0.15) is 12.8 Å². The lowest BCUT2D eigenvalue weighted by molar-refractivity contribution is -0.125. The second kappa shape index (κ2) is 10.0. The molecule has 2 aliphatic heterocycles. The van der Waals surface area contributed by atoms with E-state index in [1.165, 1.54) is 9.99 Å². The topological polar surface area (TPSA) is 93.2 Å². The fourth-order valence-electron chi connectivity index (χ4n) is 4.26. The van der Waals surface area contributed by atoms with E-state index in [0.29, 0.717) is 18.5 Å². The second-order valence-corrected chi connectivity index (χ2v) is 10.4. The fourth-order valence-corrected chi connectivity index (χ4v) is 5.71. The van der Waals surface area contributed by atoms with Crippen LogP contribution in [0, 0.1) is 0 Å². The van der Waals surface area contributed by atoms with Crippen molar-refractivity contribution in [3.05, 3.63) is 60.2 Å². The number of sulfonamides is 1. The van der Waals surface area contributed by atoms with E-state index < -0.39 is 15.9 Å². The van der Waals surface area contributed by atoms with Crippen LogP contribution in [-0.4, -0.2) is 75.1 Å². The molecule has 2 aromatic rings. The van der Waals surface area contributed by atoms with Gasteiger partial charge in [0.05, 0.1) is 4.90 Å². The Kier molecular flexibility index (Phi) is 7.14. The Bertz CT molecular complexity index is 1110. The van der Waals surface area contributed by atoms with Gasteiger partial charge in [-0.25, -0.2) is 13.9 Å². The summed E-state index contributed by atoms with van der Waals surface area (Å²) in [5.74, 6) is -0.586. The molecule has 2 heterocycles. The Labute approximate surface area is 195 Å². The lowest BCUT2D eigenvalue weighted by atomic mass is 10.1. The molecule has 1 saturated heterocycles. The number of carbonyl (C=O) groups excluding carboxylic acids is 1. The standard InChI is InChI=1S/C24H30N4O4S/c1-26-15-17-27(18-16-26)22-8-4-19(5-9-22)20-6-10-23(11-7-20)33(31,32)28-13-2-3-21(12-14-28)24(29)25-30/h3-11,30H,2,12-18H2,1H3,(H,25,29). The quantitative estimate of drug-likeness (QED) is 0.515. The molecule has 0 saturated carbocycles. The number of anilines is 1. The van der Waals surface area contributed by atoms with E-state index in [1.54, 1.807) is 23.7 Å². The Balaban J connectivity index is 1.44. The van der Waals surface area contributed by atoms with Gasteiger partial charge >= 0.3 is 0 Å². The average molecular weight is 471 g/mol. The van der Waals surface area contributed by atoms with Crippen molar-refractivity contribution in [2.24, 2.45) is 0 Å². The lowest BCUT2D eigenvalue weighted by Gasteiger charge is -2.34. The first kappa shape index (κ1) is 23.4. The molecule has 0 radical (unpaired) electrons. The highest BCUT2D eigenvalue weighted by Gasteiger charge is 2.26. The molecule has 33 heavy (non-hydrogen) atoms. The molecule has 0 atom stereocenters. The Hall–Kier alpha value is -2.72. The number of hydrogen-bond acceptors (Lipinski definition) is 6. The zero-order chi connectivity index (χ0) is 23.4. The number of piperazine rings is 1. The molecule has 9 heteroatoms. The van der Waals surface area contributed by atoms with E-state index >= 15 is 0 Å². The van der Waals surface area contributed by atoms with E-state index in [0.717, 1.165) is 37.3 Å². The van der Waals surface area contributed by atoms with E-state index in [9.17, 15) is 13.2 Å². The van der Waals surface area contributed by atoms with Crippen molar-refractivity contribution in [2.75, 3.05) is 51.2 Å². The Morgan fingerprint density at radius 2 is 1.48 bits per heavy atom. The minimum absolute atomic E-state index is 0.192. The highest BCUT2D eigenvalue weighted by atomic mass is 32.2. The van der Waals surface area contributed by atoms with Crippen LogP contribution in [-0.2, 0) is 14.8 Å². The van der Waals surface area contributed by atoms with Gasteiger partial charge in [-0.2, -0.15) is 4.31 Å². The normalized spacial score (nSPS) is 18.5. The minimum atomic E-state index is -3.67. The van der Waals surface area contributed by atoms with Gasteiger partial charge in [-0.3, -0.25) is 10.0 Å². The number of rotatable bonds is 5. The monoisotopic (exact) mass is 470 g/mol. The number of likely N-dealkylation sites (N-methyl/N-ethyl adjacent to an activating group) is 1. The van der Waals surface area contributed by atoms with Crippen LogP contribution in [0.2, 0.25) is 0 Å². The van der Waals surface area contributed by atoms with Crippen molar-refractivity contribution in [1.82, 2.24) is 14.7 Å². The van der Waals surface area contributed by atoms with Crippen molar-refractivity contribution in [2.45, 2.75) is 17.7 Å². The molecule has 8 nitrogen and oxygen atoms in total. The third-order valence-electron chi connectivity index (χ3n) is 6.35. The maximum atomic E-state index is 13.1. The van der Waals surface area contributed by atoms with Gasteiger partial charge < -0.3 is 9.80 Å². The maximum absolute atomic E-state index is 13.1. The van der Waals surface area contributed by atoms with Gasteiger partial charge in [-0.15, -0.1) is 0 Å². The van der Waals surface area contributed by atoms with Gasteiger partial charge in [0.25, 0.3) is 5.91 Å². The van der Waals surface area contributed by atoms with Crippen LogP contribution in [0.15, 0.2) is 65.1 Å². The highest BCUT2D eigenvalue weighted by molar-refractivity contribution is 7.89. The van der Waals surface area contributed by atoms with Crippen molar-refractivity contribution >= 4 is 21.6 Å². The molecule has 176 valence electrons. The van der Waals surface area contributed by atoms with Gasteiger partial charge in [-0.05, 0) is 55.3 Å². The number of amides is 1. The molecule has 2 aromatic carbocycles. The zero-order valence-electron chi connectivity index (χ0n) is 18.8. The van der Waals surface area contributed by atoms with Crippen LogP contribution < -0.4 is 10.4 Å². The van der Waals surface area contributed by atoms with Crippen LogP contribution in [0.25, 0.3) is 11.1 Å². The largest absolute Gasteiger partial charge is 0.369 e. The lowest BCUT2D eigenvalue weighted by Crippen LogP contribution is -2.44. The second-order valence-electron chi connectivity index (χ2n) is 8.47. The summed E-state index contributed by atoms with van der Waals surface area (Å²) in [6.45, 7) is 4.62. The molecule has 2 N–H and O–H groups in total. The minimum Gasteiger partial charge on any atom is -0.369 e. The molecule has 4 rings (SSSR count). The summed E-state index contributed by atoms with van der Waals surface area (Å²) in [5.41, 5.74) is 5.21.